The highest BCUT2D eigenvalue weighted by Crippen LogP contribution is 2.31. The van der Waals surface area contributed by atoms with Crippen LogP contribution in [0.5, 0.6) is 5.75 Å². The Labute approximate surface area is 196 Å². The van der Waals surface area contributed by atoms with Crippen LogP contribution < -0.4 is 26.6 Å². The highest BCUT2D eigenvalue weighted by atomic mass is 19.1. The molecule has 3 rings (SSSR count). The monoisotopic (exact) mass is 464 g/mol. The molecule has 0 aliphatic heterocycles. The summed E-state index contributed by atoms with van der Waals surface area (Å²) in [5.74, 6) is 11.6. The number of pyridine rings is 1. The molecule has 176 valence electrons. The first-order valence-electron chi connectivity index (χ1n) is 10.1. The fourth-order valence-electron chi connectivity index (χ4n) is 3.11. The summed E-state index contributed by atoms with van der Waals surface area (Å²) in [7, 11) is 1.54. The minimum absolute atomic E-state index is 0.0910. The van der Waals surface area contributed by atoms with Crippen LogP contribution >= 0.6 is 0 Å². The van der Waals surface area contributed by atoms with Crippen LogP contribution in [0.25, 0.3) is 0 Å². The standard InChI is InChI=1S/C23H25FN8O2/c1-27-19-12-11-16(24)13-20(19)32(23(30-25)31(2)26)14-17-7-6-10-21(28-17)29-22(33)15-34-18-8-4-3-5-9-18/h3-13H,1,14-15,25-26H2,2H3,(H,28,29,33)/b30-23+. The number of carbonyl (C=O) groups is 1. The molecule has 0 spiro atoms. The second kappa shape index (κ2) is 11.4. The van der Waals surface area contributed by atoms with E-state index in [0.717, 1.165) is 0 Å². The molecule has 1 amide bonds. The lowest BCUT2D eigenvalue weighted by Gasteiger charge is -2.29. The van der Waals surface area contributed by atoms with Crippen LogP contribution in [-0.4, -0.2) is 42.2 Å². The molecule has 0 aliphatic rings. The molecule has 10 nitrogen and oxygen atoms in total. The van der Waals surface area contributed by atoms with E-state index in [4.69, 9.17) is 16.4 Å². The summed E-state index contributed by atoms with van der Waals surface area (Å²) in [6, 6.07) is 18.1. The Kier molecular flexibility index (Phi) is 8.08. The van der Waals surface area contributed by atoms with Crippen LogP contribution in [-0.2, 0) is 11.3 Å². The number of aliphatic imine (C=N–C) groups is 1. The summed E-state index contributed by atoms with van der Waals surface area (Å²) in [6.45, 7) is 3.45. The fourth-order valence-corrected chi connectivity index (χ4v) is 3.11. The Hall–Kier alpha value is -4.51. The number of halogens is 1. The molecule has 3 aromatic rings. The molecule has 0 atom stereocenters. The van der Waals surface area contributed by atoms with Crippen molar-refractivity contribution in [3.05, 3.63) is 78.2 Å². The summed E-state index contributed by atoms with van der Waals surface area (Å²) in [5.41, 5.74) is 1.25. The Morgan fingerprint density at radius 2 is 1.94 bits per heavy atom. The Bertz CT molecular complexity index is 1170. The predicted molar refractivity (Wildman–Crippen MR) is 130 cm³/mol. The van der Waals surface area contributed by atoms with Gasteiger partial charge in [0.25, 0.3) is 5.91 Å². The normalized spacial score (nSPS) is 11.0. The third kappa shape index (κ3) is 6.26. The van der Waals surface area contributed by atoms with Crippen LogP contribution in [0.1, 0.15) is 5.69 Å². The van der Waals surface area contributed by atoms with Crippen molar-refractivity contribution in [1.82, 2.24) is 9.99 Å². The minimum Gasteiger partial charge on any atom is -0.484 e. The van der Waals surface area contributed by atoms with Gasteiger partial charge in [0.15, 0.2) is 6.61 Å². The molecule has 0 saturated heterocycles. The van der Waals surface area contributed by atoms with E-state index in [1.54, 1.807) is 35.2 Å². The highest BCUT2D eigenvalue weighted by molar-refractivity contribution is 5.98. The van der Waals surface area contributed by atoms with E-state index in [1.807, 2.05) is 18.2 Å². The molecule has 1 aromatic heterocycles. The number of hydrogen-bond donors (Lipinski definition) is 3. The maximum Gasteiger partial charge on any atom is 0.263 e. The summed E-state index contributed by atoms with van der Waals surface area (Å²) < 4.78 is 19.5. The van der Waals surface area contributed by atoms with Gasteiger partial charge >= 0.3 is 0 Å². The van der Waals surface area contributed by atoms with Gasteiger partial charge in [0, 0.05) is 7.05 Å². The molecule has 2 aromatic carbocycles. The number of benzene rings is 2. The second-order valence-corrected chi connectivity index (χ2v) is 7.08. The molecular weight excluding hydrogens is 439 g/mol. The van der Waals surface area contributed by atoms with Crippen molar-refractivity contribution in [2.24, 2.45) is 21.8 Å². The van der Waals surface area contributed by atoms with Crippen LogP contribution in [0.15, 0.2) is 76.8 Å². The van der Waals surface area contributed by atoms with Crippen molar-refractivity contribution in [3.63, 3.8) is 0 Å². The molecule has 5 N–H and O–H groups in total. The first-order valence-corrected chi connectivity index (χ1v) is 10.1. The molecule has 0 radical (unpaired) electrons. The van der Waals surface area contributed by atoms with Crippen LogP contribution in [0.3, 0.4) is 0 Å². The number of ether oxygens (including phenoxy) is 1. The Morgan fingerprint density at radius 1 is 1.18 bits per heavy atom. The van der Waals surface area contributed by atoms with Gasteiger partial charge < -0.3 is 20.8 Å². The maximum absolute atomic E-state index is 14.1. The van der Waals surface area contributed by atoms with Crippen molar-refractivity contribution in [3.8, 4) is 5.75 Å². The molecule has 0 aliphatic carbocycles. The number of nitrogens with two attached hydrogens (primary N) is 2. The third-order valence-corrected chi connectivity index (χ3v) is 4.58. The van der Waals surface area contributed by atoms with Gasteiger partial charge in [-0.05, 0) is 49.2 Å². The Balaban J connectivity index is 1.81. The van der Waals surface area contributed by atoms with Crippen molar-refractivity contribution in [2.75, 3.05) is 23.9 Å². The average Bonchev–Trinajstić information content (AvgIpc) is 2.83. The molecule has 0 unspecified atom stereocenters. The molecule has 0 bridgehead atoms. The summed E-state index contributed by atoms with van der Waals surface area (Å²) in [5, 5.41) is 7.61. The zero-order valence-corrected chi connectivity index (χ0v) is 18.6. The number of guanidine groups is 1. The number of hydrazone groups is 1. The molecular formula is C23H25FN8O2. The molecule has 1 heterocycles. The zero-order chi connectivity index (χ0) is 24.5. The van der Waals surface area contributed by atoms with Crippen molar-refractivity contribution < 1.29 is 13.9 Å². The number of para-hydroxylation sites is 1. The lowest BCUT2D eigenvalue weighted by atomic mass is 10.2. The van der Waals surface area contributed by atoms with Crippen molar-refractivity contribution >= 4 is 35.8 Å². The number of nitrogens with zero attached hydrogens (tertiary/aromatic N) is 5. The predicted octanol–water partition coefficient (Wildman–Crippen LogP) is 2.61. The number of hydrazine groups is 1. The number of nitrogens with one attached hydrogen (secondary N) is 1. The van der Waals surface area contributed by atoms with E-state index in [-0.39, 0.29) is 25.0 Å². The van der Waals surface area contributed by atoms with E-state index in [1.165, 1.54) is 30.3 Å². The Morgan fingerprint density at radius 3 is 2.62 bits per heavy atom. The van der Waals surface area contributed by atoms with Crippen LogP contribution in [0, 0.1) is 5.82 Å². The third-order valence-electron chi connectivity index (χ3n) is 4.58. The van der Waals surface area contributed by atoms with Gasteiger partial charge in [-0.1, -0.05) is 24.3 Å². The SMILES string of the molecule is C=Nc1ccc(F)cc1N(Cc1cccc(NC(=O)COc2ccccc2)n1)/C(=N/N)N(C)N. The number of hydrogen-bond acceptors (Lipinski definition) is 7. The number of rotatable bonds is 8. The van der Waals surface area contributed by atoms with Gasteiger partial charge in [-0.3, -0.25) is 14.8 Å². The summed E-state index contributed by atoms with van der Waals surface area (Å²) in [6.07, 6.45) is 0. The van der Waals surface area contributed by atoms with Gasteiger partial charge in [-0.15, -0.1) is 5.10 Å². The van der Waals surface area contributed by atoms with Gasteiger partial charge in [0.05, 0.1) is 23.6 Å². The molecule has 34 heavy (non-hydrogen) atoms. The second-order valence-electron chi connectivity index (χ2n) is 7.08. The lowest BCUT2D eigenvalue weighted by Crippen LogP contribution is -2.46. The smallest absolute Gasteiger partial charge is 0.263 e. The first-order chi connectivity index (χ1) is 16.4. The van der Waals surface area contributed by atoms with Crippen LogP contribution in [0.2, 0.25) is 0 Å². The topological polar surface area (TPSA) is 134 Å². The number of amides is 1. The van der Waals surface area contributed by atoms with Crippen molar-refractivity contribution in [1.29, 1.82) is 0 Å². The van der Waals surface area contributed by atoms with Crippen LogP contribution in [0.4, 0.5) is 21.6 Å². The fraction of sp³-hybridized carbons (Fsp3) is 0.130. The van der Waals surface area contributed by atoms with Gasteiger partial charge in [0.1, 0.15) is 17.4 Å². The quantitative estimate of drug-likeness (QED) is 0.202. The first kappa shape index (κ1) is 24.1. The maximum atomic E-state index is 14.1. The van der Waals surface area contributed by atoms with Gasteiger partial charge in [0.2, 0.25) is 5.96 Å². The van der Waals surface area contributed by atoms with E-state index in [9.17, 15) is 9.18 Å². The summed E-state index contributed by atoms with van der Waals surface area (Å²) >= 11 is 0. The van der Waals surface area contributed by atoms with E-state index in [2.05, 4.69) is 27.1 Å². The average molecular weight is 465 g/mol. The number of anilines is 2. The number of carbonyl (C=O) groups excluding carboxylic acids is 1. The lowest BCUT2D eigenvalue weighted by molar-refractivity contribution is -0.118. The van der Waals surface area contributed by atoms with E-state index >= 15 is 0 Å². The largest absolute Gasteiger partial charge is 0.484 e. The summed E-state index contributed by atoms with van der Waals surface area (Å²) in [4.78, 5) is 22.3. The molecule has 0 fully saturated rings. The van der Waals surface area contributed by atoms with E-state index < -0.39 is 5.82 Å². The van der Waals surface area contributed by atoms with Crippen molar-refractivity contribution in [2.45, 2.75) is 6.54 Å². The highest BCUT2D eigenvalue weighted by Gasteiger charge is 2.21. The zero-order valence-electron chi connectivity index (χ0n) is 18.6. The minimum atomic E-state index is -0.490. The van der Waals surface area contributed by atoms with Gasteiger partial charge in [-0.2, -0.15) is 0 Å². The number of aromatic nitrogens is 1. The van der Waals surface area contributed by atoms with E-state index in [0.29, 0.717) is 28.6 Å². The molecule has 0 saturated carbocycles. The molecule has 11 heteroatoms. The van der Waals surface area contributed by atoms with Gasteiger partial charge in [-0.25, -0.2) is 15.2 Å².